The minimum Gasteiger partial charge on any atom is -0.481 e. The molecule has 0 spiro atoms. The number of hydrogen-bond acceptors (Lipinski definition) is 4. The summed E-state index contributed by atoms with van der Waals surface area (Å²) in [7, 11) is 0. The summed E-state index contributed by atoms with van der Waals surface area (Å²) >= 11 is 5.91. The van der Waals surface area contributed by atoms with Crippen molar-refractivity contribution in [1.29, 1.82) is 0 Å². The highest BCUT2D eigenvalue weighted by atomic mass is 35.5. The first kappa shape index (κ1) is 13.5. The molecule has 100 valence electrons. The lowest BCUT2D eigenvalue weighted by atomic mass is 10.1. The molecule has 7 heteroatoms. The monoisotopic (exact) mass is 280 g/mol. The van der Waals surface area contributed by atoms with Crippen molar-refractivity contribution in [3.63, 3.8) is 0 Å². The number of aromatic nitrogens is 4. The fourth-order valence-electron chi connectivity index (χ4n) is 1.74. The average Bonchev–Trinajstić information content (AvgIpc) is 2.77. The lowest BCUT2D eigenvalue weighted by molar-refractivity contribution is -0.141. The summed E-state index contributed by atoms with van der Waals surface area (Å²) in [6, 6.07) is 5.39. The molecule has 0 aliphatic carbocycles. The molecule has 2 aromatic rings. The average molecular weight is 281 g/mol. The molecular formula is C12H13ClN4O2. The number of aliphatic carboxylic acids is 1. The second-order valence-electron chi connectivity index (χ2n) is 4.38. The fraction of sp³-hybridized carbons (Fsp3) is 0.333. The first-order valence-electron chi connectivity index (χ1n) is 5.74. The molecule has 0 saturated heterocycles. The number of halogens is 1. The summed E-state index contributed by atoms with van der Waals surface area (Å²) in [6.45, 7) is 3.74. The highest BCUT2D eigenvalue weighted by molar-refractivity contribution is 6.30. The van der Waals surface area contributed by atoms with Gasteiger partial charge < -0.3 is 5.11 Å². The minimum atomic E-state index is -0.880. The van der Waals surface area contributed by atoms with Crippen LogP contribution in [0.1, 0.15) is 12.5 Å². The van der Waals surface area contributed by atoms with Crippen LogP contribution in [0.5, 0.6) is 0 Å². The maximum Gasteiger partial charge on any atom is 0.308 e. The van der Waals surface area contributed by atoms with Gasteiger partial charge in [0.05, 0.1) is 12.5 Å². The van der Waals surface area contributed by atoms with E-state index in [0.717, 1.165) is 11.1 Å². The number of nitrogens with zero attached hydrogens (tertiary/aromatic N) is 4. The molecule has 1 heterocycles. The van der Waals surface area contributed by atoms with Crippen LogP contribution in [-0.4, -0.2) is 31.3 Å². The van der Waals surface area contributed by atoms with Crippen LogP contribution in [0.25, 0.3) is 11.4 Å². The van der Waals surface area contributed by atoms with E-state index in [1.54, 1.807) is 13.0 Å². The Kier molecular flexibility index (Phi) is 3.80. The summed E-state index contributed by atoms with van der Waals surface area (Å²) < 4.78 is 1.50. The third-order valence-corrected chi connectivity index (χ3v) is 3.06. The van der Waals surface area contributed by atoms with Gasteiger partial charge in [-0.15, -0.1) is 5.10 Å². The normalized spacial score (nSPS) is 12.4. The second kappa shape index (κ2) is 5.36. The van der Waals surface area contributed by atoms with Crippen LogP contribution >= 0.6 is 11.6 Å². The summed E-state index contributed by atoms with van der Waals surface area (Å²) in [6.07, 6.45) is 0. The number of tetrazole rings is 1. The van der Waals surface area contributed by atoms with E-state index in [0.29, 0.717) is 10.8 Å². The largest absolute Gasteiger partial charge is 0.481 e. The molecule has 0 bridgehead atoms. The van der Waals surface area contributed by atoms with Crippen LogP contribution in [0.4, 0.5) is 0 Å². The molecule has 1 atom stereocenters. The number of carbonyl (C=O) groups is 1. The van der Waals surface area contributed by atoms with Gasteiger partial charge in [0.15, 0.2) is 5.82 Å². The first-order valence-corrected chi connectivity index (χ1v) is 6.12. The van der Waals surface area contributed by atoms with Crippen molar-refractivity contribution < 1.29 is 9.90 Å². The number of carboxylic acids is 1. The van der Waals surface area contributed by atoms with E-state index in [9.17, 15) is 4.79 Å². The molecule has 0 aliphatic rings. The molecule has 1 N–H and O–H groups in total. The summed E-state index contributed by atoms with van der Waals surface area (Å²) in [4.78, 5) is 10.9. The van der Waals surface area contributed by atoms with Gasteiger partial charge in [0.25, 0.3) is 0 Å². The molecule has 1 aromatic carbocycles. The van der Waals surface area contributed by atoms with Crippen molar-refractivity contribution in [1.82, 2.24) is 20.2 Å². The molecule has 0 amide bonds. The number of aryl methyl sites for hydroxylation is 1. The molecule has 19 heavy (non-hydrogen) atoms. The molecular weight excluding hydrogens is 268 g/mol. The van der Waals surface area contributed by atoms with E-state index in [2.05, 4.69) is 15.5 Å². The maximum absolute atomic E-state index is 10.9. The van der Waals surface area contributed by atoms with Crippen LogP contribution in [-0.2, 0) is 11.3 Å². The van der Waals surface area contributed by atoms with E-state index < -0.39 is 11.9 Å². The van der Waals surface area contributed by atoms with Crippen LogP contribution in [0.15, 0.2) is 18.2 Å². The van der Waals surface area contributed by atoms with Gasteiger partial charge in [-0.05, 0) is 41.1 Å². The molecule has 1 unspecified atom stereocenters. The third-order valence-electron chi connectivity index (χ3n) is 2.83. The van der Waals surface area contributed by atoms with Gasteiger partial charge in [-0.1, -0.05) is 18.5 Å². The molecule has 0 radical (unpaired) electrons. The van der Waals surface area contributed by atoms with Gasteiger partial charge in [-0.3, -0.25) is 4.79 Å². The second-order valence-corrected chi connectivity index (χ2v) is 4.82. The van der Waals surface area contributed by atoms with Crippen LogP contribution < -0.4 is 0 Å². The Balaban J connectivity index is 2.36. The lowest BCUT2D eigenvalue weighted by Crippen LogP contribution is -2.18. The van der Waals surface area contributed by atoms with E-state index >= 15 is 0 Å². The van der Waals surface area contributed by atoms with Gasteiger partial charge in [0.2, 0.25) is 0 Å². The maximum atomic E-state index is 10.9. The molecule has 1 aromatic heterocycles. The van der Waals surface area contributed by atoms with Crippen molar-refractivity contribution in [2.45, 2.75) is 20.4 Å². The Labute approximate surface area is 115 Å². The number of carboxylic acid groups (broad SMARTS) is 1. The number of hydrogen-bond donors (Lipinski definition) is 1. The zero-order valence-electron chi connectivity index (χ0n) is 10.5. The number of benzene rings is 1. The van der Waals surface area contributed by atoms with Gasteiger partial charge in [-0.2, -0.15) is 0 Å². The Morgan fingerprint density at radius 2 is 2.26 bits per heavy atom. The van der Waals surface area contributed by atoms with Gasteiger partial charge >= 0.3 is 5.97 Å². The van der Waals surface area contributed by atoms with E-state index in [-0.39, 0.29) is 6.54 Å². The SMILES string of the molecule is Cc1cc(Cl)ccc1-c1nnnn1CC(C)C(=O)O. The van der Waals surface area contributed by atoms with E-state index in [1.807, 2.05) is 19.1 Å². The fourth-order valence-corrected chi connectivity index (χ4v) is 1.96. The predicted octanol–water partition coefficient (Wildman–Crippen LogP) is 2.02. The summed E-state index contributed by atoms with van der Waals surface area (Å²) in [5, 5.41) is 21.0. The first-order chi connectivity index (χ1) is 8.99. The third kappa shape index (κ3) is 2.90. The van der Waals surface area contributed by atoms with Gasteiger partial charge in [-0.25, -0.2) is 4.68 Å². The smallest absolute Gasteiger partial charge is 0.308 e. The van der Waals surface area contributed by atoms with Crippen molar-refractivity contribution in [3.05, 3.63) is 28.8 Å². The Morgan fingerprint density at radius 1 is 1.53 bits per heavy atom. The molecule has 2 rings (SSSR count). The lowest BCUT2D eigenvalue weighted by Gasteiger charge is -2.09. The van der Waals surface area contributed by atoms with Crippen molar-refractivity contribution in [2.24, 2.45) is 5.92 Å². The van der Waals surface area contributed by atoms with Crippen molar-refractivity contribution in [3.8, 4) is 11.4 Å². The summed E-state index contributed by atoms with van der Waals surface area (Å²) in [5.41, 5.74) is 1.78. The molecule has 6 nitrogen and oxygen atoms in total. The van der Waals surface area contributed by atoms with Crippen molar-refractivity contribution >= 4 is 17.6 Å². The number of rotatable bonds is 4. The van der Waals surface area contributed by atoms with Crippen LogP contribution in [0, 0.1) is 12.8 Å². The predicted molar refractivity (Wildman–Crippen MR) is 69.8 cm³/mol. The van der Waals surface area contributed by atoms with Gasteiger partial charge in [0, 0.05) is 10.6 Å². The topological polar surface area (TPSA) is 80.9 Å². The molecule has 0 aliphatic heterocycles. The molecule has 0 saturated carbocycles. The highest BCUT2D eigenvalue weighted by Gasteiger charge is 2.17. The molecule has 0 fully saturated rings. The van der Waals surface area contributed by atoms with E-state index in [4.69, 9.17) is 16.7 Å². The Morgan fingerprint density at radius 3 is 2.89 bits per heavy atom. The zero-order chi connectivity index (χ0) is 14.0. The minimum absolute atomic E-state index is 0.222. The van der Waals surface area contributed by atoms with Crippen molar-refractivity contribution in [2.75, 3.05) is 0 Å². The van der Waals surface area contributed by atoms with Crippen LogP contribution in [0.3, 0.4) is 0 Å². The highest BCUT2D eigenvalue weighted by Crippen LogP contribution is 2.24. The van der Waals surface area contributed by atoms with E-state index in [1.165, 1.54) is 4.68 Å². The Hall–Kier alpha value is -1.95. The standard InChI is InChI=1S/C12H13ClN4O2/c1-7-5-9(13)3-4-10(7)11-14-15-16-17(11)6-8(2)12(18)19/h3-5,8H,6H2,1-2H3,(H,18,19). The Bertz CT molecular complexity index is 612. The van der Waals surface area contributed by atoms with Crippen LogP contribution in [0.2, 0.25) is 5.02 Å². The quantitative estimate of drug-likeness (QED) is 0.927. The zero-order valence-corrected chi connectivity index (χ0v) is 11.3. The summed E-state index contributed by atoms with van der Waals surface area (Å²) in [5.74, 6) is -0.897. The van der Waals surface area contributed by atoms with Gasteiger partial charge in [0.1, 0.15) is 0 Å².